The Labute approximate surface area is 141 Å². The largest absolute Gasteiger partial charge is 0.468 e. The maximum Gasteiger partial charge on any atom is 0.323 e. The molecule has 1 atom stereocenters. The number of hydrogen-bond acceptors (Lipinski definition) is 4. The van der Waals surface area contributed by atoms with Crippen molar-refractivity contribution in [2.24, 2.45) is 11.3 Å². The molecule has 132 valence electrons. The predicted molar refractivity (Wildman–Crippen MR) is 94.8 cm³/mol. The molecule has 0 radical (unpaired) electrons. The Bertz CT molecular complexity index is 458. The van der Waals surface area contributed by atoms with Gasteiger partial charge in [0.05, 0.1) is 22.3 Å². The molecule has 1 fully saturated rings. The number of methoxy groups -OCH3 is 2. The van der Waals surface area contributed by atoms with Crippen LogP contribution < -0.4 is 0 Å². The lowest BCUT2D eigenvalue weighted by molar-refractivity contribution is -0.175. The quantitative estimate of drug-likeness (QED) is 0.439. The van der Waals surface area contributed by atoms with Crippen LogP contribution >= 0.6 is 0 Å². The topological polar surface area (TPSA) is 52.6 Å². The van der Waals surface area contributed by atoms with Gasteiger partial charge in [-0.25, -0.2) is 0 Å². The maximum atomic E-state index is 12.5. The lowest BCUT2D eigenvalue weighted by Gasteiger charge is -2.39. The summed E-state index contributed by atoms with van der Waals surface area (Å²) in [5, 5.41) is 0.220. The number of carbonyl (C=O) groups excluding carboxylic acids is 2. The monoisotopic (exact) mass is 340 g/mol. The molecule has 0 bridgehead atoms. The lowest BCUT2D eigenvalue weighted by atomic mass is 9.66. The third-order valence-electron chi connectivity index (χ3n) is 5.75. The molecule has 1 aliphatic carbocycles. The molecule has 0 aliphatic heterocycles. The molecule has 1 rings (SSSR count). The van der Waals surface area contributed by atoms with Crippen LogP contribution in [0.1, 0.15) is 46.5 Å². The van der Waals surface area contributed by atoms with E-state index < -0.39 is 25.4 Å². The van der Waals surface area contributed by atoms with E-state index in [2.05, 4.69) is 45.6 Å². The second-order valence-corrected chi connectivity index (χ2v) is 13.4. The van der Waals surface area contributed by atoms with Gasteiger partial charge in [-0.15, -0.1) is 0 Å². The zero-order chi connectivity index (χ0) is 17.9. The van der Waals surface area contributed by atoms with Crippen LogP contribution in [0.4, 0.5) is 0 Å². The number of esters is 2. The Morgan fingerprint density at radius 2 is 1.61 bits per heavy atom. The molecular formula is C18H32O4Si. The molecule has 1 aliphatic rings. The standard InChI is InChI=1S/C18H32O4Si/c1-17(2,3)23(6,7)13-11-14-10-8-9-12-18(14,15(19)21-4)16(20)22-5/h11,13-14H,8-10,12H2,1-7H3/b13-11-/t14-/m0/s1. The van der Waals surface area contributed by atoms with Crippen molar-refractivity contribution < 1.29 is 19.1 Å². The summed E-state index contributed by atoms with van der Waals surface area (Å²) >= 11 is 0. The van der Waals surface area contributed by atoms with Crippen molar-refractivity contribution in [2.45, 2.75) is 64.6 Å². The van der Waals surface area contributed by atoms with Crippen molar-refractivity contribution >= 4 is 20.0 Å². The highest BCUT2D eigenvalue weighted by Crippen LogP contribution is 2.45. The summed E-state index contributed by atoms with van der Waals surface area (Å²) in [6, 6.07) is 0. The molecule has 4 nitrogen and oxygen atoms in total. The van der Waals surface area contributed by atoms with Crippen LogP contribution in [0.3, 0.4) is 0 Å². The van der Waals surface area contributed by atoms with Gasteiger partial charge in [0.15, 0.2) is 5.41 Å². The van der Waals surface area contributed by atoms with Crippen LogP contribution in [0.15, 0.2) is 11.8 Å². The van der Waals surface area contributed by atoms with Gasteiger partial charge in [0, 0.05) is 5.92 Å². The van der Waals surface area contributed by atoms with Crippen molar-refractivity contribution in [3.05, 3.63) is 11.8 Å². The molecule has 0 aromatic carbocycles. The Morgan fingerprint density at radius 1 is 1.09 bits per heavy atom. The average molecular weight is 341 g/mol. The number of carbonyl (C=O) groups is 2. The third-order valence-corrected chi connectivity index (χ3v) is 10.6. The second kappa shape index (κ2) is 7.20. The lowest BCUT2D eigenvalue weighted by Crippen LogP contribution is -2.48. The van der Waals surface area contributed by atoms with Gasteiger partial charge in [-0.05, 0) is 17.9 Å². The number of ether oxygens (including phenoxy) is 2. The first-order valence-corrected chi connectivity index (χ1v) is 11.5. The number of allylic oxidation sites excluding steroid dienone is 1. The fourth-order valence-electron chi connectivity index (χ4n) is 3.02. The van der Waals surface area contributed by atoms with E-state index in [1.54, 1.807) is 0 Å². The molecule has 0 spiro atoms. The van der Waals surface area contributed by atoms with E-state index in [4.69, 9.17) is 9.47 Å². The first-order chi connectivity index (χ1) is 10.5. The molecule has 0 heterocycles. The van der Waals surface area contributed by atoms with Crippen molar-refractivity contribution in [3.8, 4) is 0 Å². The highest BCUT2D eigenvalue weighted by Gasteiger charge is 2.54. The molecule has 0 amide bonds. The Hall–Kier alpha value is -1.10. The van der Waals surface area contributed by atoms with Crippen LogP contribution in [0.5, 0.6) is 0 Å². The molecule has 5 heteroatoms. The SMILES string of the molecule is COC(=O)C1(C(=O)OC)CCCC[C@H]1/C=C\[Si](C)(C)C(C)(C)C. The van der Waals surface area contributed by atoms with E-state index in [1.807, 2.05) is 0 Å². The normalized spacial score (nSPS) is 22.0. The van der Waals surface area contributed by atoms with E-state index in [1.165, 1.54) is 14.2 Å². The van der Waals surface area contributed by atoms with E-state index in [-0.39, 0.29) is 11.0 Å². The van der Waals surface area contributed by atoms with Crippen LogP contribution in [0.2, 0.25) is 18.1 Å². The zero-order valence-electron chi connectivity index (χ0n) is 15.7. The van der Waals surface area contributed by atoms with Gasteiger partial charge >= 0.3 is 11.9 Å². The minimum Gasteiger partial charge on any atom is -0.468 e. The third kappa shape index (κ3) is 3.87. The number of hydrogen-bond donors (Lipinski definition) is 0. The van der Waals surface area contributed by atoms with Crippen molar-refractivity contribution in [2.75, 3.05) is 14.2 Å². The average Bonchev–Trinajstić information content (AvgIpc) is 2.50. The molecule has 1 saturated carbocycles. The zero-order valence-corrected chi connectivity index (χ0v) is 16.7. The minimum absolute atomic E-state index is 0.148. The molecular weight excluding hydrogens is 308 g/mol. The Morgan fingerprint density at radius 3 is 2.04 bits per heavy atom. The summed E-state index contributed by atoms with van der Waals surface area (Å²) in [6.45, 7) is 11.4. The minimum atomic E-state index is -1.63. The summed E-state index contributed by atoms with van der Waals surface area (Å²) in [5.74, 6) is -1.08. The van der Waals surface area contributed by atoms with Crippen molar-refractivity contribution in [3.63, 3.8) is 0 Å². The van der Waals surface area contributed by atoms with Gasteiger partial charge in [0.2, 0.25) is 0 Å². The summed E-state index contributed by atoms with van der Waals surface area (Å²) < 4.78 is 9.97. The highest BCUT2D eigenvalue weighted by molar-refractivity contribution is 6.84. The van der Waals surface area contributed by atoms with Crippen molar-refractivity contribution in [1.82, 2.24) is 0 Å². The smallest absolute Gasteiger partial charge is 0.323 e. The summed E-state index contributed by atoms with van der Waals surface area (Å²) in [7, 11) is 1.06. The first-order valence-electron chi connectivity index (χ1n) is 8.39. The molecule has 0 saturated heterocycles. The van der Waals surface area contributed by atoms with E-state index in [0.717, 1.165) is 19.3 Å². The second-order valence-electron chi connectivity index (χ2n) is 8.14. The van der Waals surface area contributed by atoms with Gasteiger partial charge in [-0.1, -0.05) is 58.5 Å². The van der Waals surface area contributed by atoms with Gasteiger partial charge in [0.25, 0.3) is 0 Å². The van der Waals surface area contributed by atoms with E-state index in [9.17, 15) is 9.59 Å². The summed E-state index contributed by atoms with van der Waals surface area (Å²) in [4.78, 5) is 25.0. The fraction of sp³-hybridized carbons (Fsp3) is 0.778. The predicted octanol–water partition coefficient (Wildman–Crippen LogP) is 4.11. The van der Waals surface area contributed by atoms with Crippen molar-refractivity contribution in [1.29, 1.82) is 0 Å². The van der Waals surface area contributed by atoms with Gasteiger partial charge < -0.3 is 9.47 Å². The van der Waals surface area contributed by atoms with E-state index in [0.29, 0.717) is 6.42 Å². The van der Waals surface area contributed by atoms with Crippen LogP contribution in [-0.2, 0) is 19.1 Å². The van der Waals surface area contributed by atoms with Gasteiger partial charge in [0.1, 0.15) is 0 Å². The first kappa shape index (κ1) is 19.9. The molecule has 0 aromatic heterocycles. The van der Waals surface area contributed by atoms with Crippen LogP contribution in [-0.4, -0.2) is 34.2 Å². The van der Waals surface area contributed by atoms with Crippen LogP contribution in [0.25, 0.3) is 0 Å². The summed E-state index contributed by atoms with van der Waals surface area (Å²) in [5.41, 5.74) is 1.10. The molecule has 23 heavy (non-hydrogen) atoms. The van der Waals surface area contributed by atoms with Gasteiger partial charge in [-0.3, -0.25) is 9.59 Å². The molecule has 0 unspecified atom stereocenters. The molecule has 0 N–H and O–H groups in total. The Kier molecular flexibility index (Phi) is 6.24. The van der Waals surface area contributed by atoms with E-state index >= 15 is 0 Å². The fourth-order valence-corrected chi connectivity index (χ4v) is 4.23. The molecule has 0 aromatic rings. The van der Waals surface area contributed by atoms with Crippen LogP contribution in [0, 0.1) is 11.3 Å². The summed E-state index contributed by atoms with van der Waals surface area (Å²) in [6.07, 6.45) is 5.27. The van der Waals surface area contributed by atoms with Gasteiger partial charge in [-0.2, -0.15) is 0 Å². The number of rotatable bonds is 4. The Balaban J connectivity index is 3.24. The highest BCUT2D eigenvalue weighted by atomic mass is 28.3. The maximum absolute atomic E-state index is 12.5.